The van der Waals surface area contributed by atoms with Gasteiger partial charge in [-0.15, -0.1) is 0 Å². The van der Waals surface area contributed by atoms with Crippen molar-refractivity contribution in [3.8, 4) is 47.3 Å². The molecule has 0 aliphatic heterocycles. The van der Waals surface area contributed by atoms with Crippen molar-refractivity contribution in [1.29, 1.82) is 21.0 Å². The van der Waals surface area contributed by atoms with E-state index in [9.17, 15) is 57.8 Å². The van der Waals surface area contributed by atoms with E-state index < -0.39 is 355 Å². The first kappa shape index (κ1) is 53.2. The first-order valence-electron chi connectivity index (χ1n) is 62.1. The zero-order valence-electron chi connectivity index (χ0n) is 119. The van der Waals surface area contributed by atoms with E-state index in [0.717, 1.165) is 53.2 Å². The van der Waals surface area contributed by atoms with Gasteiger partial charge < -0.3 is 59.8 Å². The first-order valence-corrected chi connectivity index (χ1v) is 38.6. The molecule has 0 radical (unpaired) electrons. The molecular formula is C104H108F4N16O8. The lowest BCUT2D eigenvalue weighted by atomic mass is 10.0. The van der Waals surface area contributed by atoms with Crippen LogP contribution in [0, 0.1) is 96.3 Å². The van der Waals surface area contributed by atoms with Crippen LogP contribution in [0.4, 0.5) is 63.1 Å². The average Bonchev–Trinajstić information content (AvgIpc) is 0.718. The molecule has 0 aliphatic rings. The van der Waals surface area contributed by atoms with Gasteiger partial charge in [-0.1, -0.05) is 24.3 Å². The topological polar surface area (TPSA) is 313 Å². The minimum atomic E-state index is -3.54. The number of ketones is 4. The molecule has 0 atom stereocenters. The molecule has 12 aromatic rings. The third-order valence-electron chi connectivity index (χ3n) is 17.0. The summed E-state index contributed by atoms with van der Waals surface area (Å²) in [5, 5.41) is 48.6. The fraction of sp³-hybridized carbons (Fsp3) is 0.269. The second kappa shape index (κ2) is 48.9. The highest BCUT2D eigenvalue weighted by molar-refractivity contribution is 6.03. The average molecular weight is 1830 g/mol. The molecule has 0 bridgehead atoms. The lowest BCUT2D eigenvalue weighted by Gasteiger charge is -2.15. The minimum absolute atomic E-state index is 0.0134. The SMILES string of the molecule is [2H]/C(=C\C(=O)Cc1c(OCC)c([2H])c2nc([2H])c(C#N)c(Nc3c([2H])c([2H])c(F)c(C)c3[2H])c2c1[2H])CN(C)C.[2H]c1nc2c([2H])c(OC([2H])([2H])C([2H])([2H])[2H])c(CC(=O)/C=C/C([2H])([2H])N(C)C([2H])([2H])[2H])c([2H])c2c(Nc2c([2H])c([2H])c(F)c(C)c2[2H])c1C#N.[2H]c1nc2c([2H])c(OC([2H])([2H])C)c(CC(=O)/C=C/C([2H])([2H])N(C)C([2H])([2H])[2H])c([2H])c2c(Nc2c([2H])c([2H])c(F)c(C)c2[2H])c1C#N.[2H]c1nc2c([2H])c(OCC)c(CC(=O)/C=C/C([2H])([2H])N(C)C([2H])([2H])[2H])c([2H])c2c(Nc2c([2H])c([2H])c(F)c(C)c2[2H])c1C#N. The zero-order chi connectivity index (χ0) is 137. The molecule has 12 rings (SSSR count). The van der Waals surface area contributed by atoms with Crippen LogP contribution in [0.25, 0.3) is 43.6 Å². The highest BCUT2D eigenvalue weighted by Gasteiger charge is 2.23. The molecule has 0 amide bonds. The smallest absolute Gasteiger partial charge is 0.159 e. The number of nitrogens with zero attached hydrogens (tertiary/aromatic N) is 12. The number of rotatable bonds is 36. The number of benzene rings is 8. The van der Waals surface area contributed by atoms with Gasteiger partial charge in [0.05, 0.1) is 133 Å². The zero-order valence-corrected chi connectivity index (χ0v) is 72.1. The van der Waals surface area contributed by atoms with Crippen molar-refractivity contribution < 1.29 is 120 Å². The van der Waals surface area contributed by atoms with Crippen molar-refractivity contribution in [2.75, 3.05) is 130 Å². The molecule has 0 aliphatic carbocycles. The van der Waals surface area contributed by atoms with Crippen LogP contribution in [-0.4, -0.2) is 171 Å². The molecule has 0 saturated carbocycles. The Kier molecular flexibility index (Phi) is 19.7. The van der Waals surface area contributed by atoms with Crippen molar-refractivity contribution in [1.82, 2.24) is 39.5 Å². The normalized spacial score (nSPS) is 17.3. The van der Waals surface area contributed by atoms with Crippen molar-refractivity contribution in [2.45, 2.75) is 81.0 Å². The Labute approximate surface area is 833 Å². The lowest BCUT2D eigenvalue weighted by Crippen LogP contribution is -2.11. The summed E-state index contributed by atoms with van der Waals surface area (Å²) in [7, 11) is 6.39. The molecule has 0 unspecified atom stereocenters. The lowest BCUT2D eigenvalue weighted by molar-refractivity contribution is -0.114. The molecule has 24 nitrogen and oxygen atoms in total. The van der Waals surface area contributed by atoms with Crippen molar-refractivity contribution in [3.63, 3.8) is 0 Å². The van der Waals surface area contributed by atoms with Gasteiger partial charge in [-0.05, 0) is 255 Å². The molecule has 0 fully saturated rings. The van der Waals surface area contributed by atoms with Crippen molar-refractivity contribution in [3.05, 3.63) is 284 Å². The van der Waals surface area contributed by atoms with Gasteiger partial charge in [0.15, 0.2) is 23.1 Å². The molecule has 0 saturated heterocycles. The van der Waals surface area contributed by atoms with Crippen LogP contribution >= 0.6 is 0 Å². The Bertz CT molecular complexity index is 9010. The summed E-state index contributed by atoms with van der Waals surface area (Å²) in [6, 6.07) is -6.57. The quantitative estimate of drug-likeness (QED) is 0.0209. The standard InChI is InChI=1S/4C26H27FN4O2/c4*1-5-33-25-14-24-22(13-18(25)12-21(32)7-6-10-31(3)4)26(19(15-28)16-29-24)30-20-8-9-23(27)17(2)11-20/h4*6-9,11,13-14,16H,5,10,12H2,1-4H3,(H,29,30)/b4*7-6+/i1D3,3D3,5D2,8D,9D,10D2,11D,13D,14D,16D;3D3,5D2,8D,9D,10D2,11D,13D,14D,16D;3D3,8D,9D,10D2,11D,13D,14D,16D;6D,8D,9D,11D,13D,14D,16D. The summed E-state index contributed by atoms with van der Waals surface area (Å²) in [5.74, 6) is -9.74. The molecule has 680 valence electrons. The third-order valence-corrected chi connectivity index (χ3v) is 17.0. The van der Waals surface area contributed by atoms with Crippen LogP contribution in [0.1, 0.15) is 159 Å². The van der Waals surface area contributed by atoms with Crippen molar-refractivity contribution >= 4 is 112 Å². The first-order chi connectivity index (χ1) is 82.2. The van der Waals surface area contributed by atoms with E-state index in [4.69, 9.17) is 83.4 Å². The van der Waals surface area contributed by atoms with Crippen LogP contribution in [0.2, 0.25) is 0 Å². The number of fused-ring (bicyclic) bond motifs is 4. The number of anilines is 8. The summed E-state index contributed by atoms with van der Waals surface area (Å²) in [4.78, 5) is 70.8. The van der Waals surface area contributed by atoms with E-state index in [1.807, 2.05) is 6.07 Å². The highest BCUT2D eigenvalue weighted by Crippen LogP contribution is 2.40. The molecule has 4 aromatic heterocycles. The fourth-order valence-electron chi connectivity index (χ4n) is 11.1. The molecular weight excluding hydrogens is 1680 g/mol. The molecule has 4 N–H and O–H groups in total. The van der Waals surface area contributed by atoms with Crippen molar-refractivity contribution in [2.24, 2.45) is 0 Å². The summed E-state index contributed by atoms with van der Waals surface area (Å²) in [6.45, 7) is -16.7. The Morgan fingerprint density at radius 1 is 0.402 bits per heavy atom. The number of nitrogens with one attached hydrogen (secondary N) is 4. The molecule has 132 heavy (non-hydrogen) atoms. The Balaban J connectivity index is 0.000000261. The largest absolute Gasteiger partial charge is 0.494 e. The van der Waals surface area contributed by atoms with Crippen LogP contribution in [-0.2, 0) is 44.9 Å². The van der Waals surface area contributed by atoms with E-state index >= 15 is 0 Å². The number of carbonyl (C=O) groups excluding carboxylic acids is 4. The van der Waals surface area contributed by atoms with Gasteiger partial charge in [-0.3, -0.25) is 39.1 Å². The number of hydrogen-bond donors (Lipinski definition) is 4. The van der Waals surface area contributed by atoms with Gasteiger partial charge in [0.1, 0.15) is 70.5 Å². The van der Waals surface area contributed by atoms with Gasteiger partial charge in [-0.25, -0.2) is 17.6 Å². The number of hydrogen-bond acceptors (Lipinski definition) is 24. The molecule has 0 spiro atoms. The van der Waals surface area contributed by atoms with E-state index in [2.05, 4.69) is 41.2 Å². The number of ether oxygens (including phenoxy) is 4. The summed E-state index contributed by atoms with van der Waals surface area (Å²) in [5.41, 5.74) is -9.43. The number of pyridine rings is 4. The summed E-state index contributed by atoms with van der Waals surface area (Å²) >= 11 is 0. The number of carbonyl (C=O) groups is 4. The maximum atomic E-state index is 14.4. The Hall–Kier alpha value is -15.0. The minimum Gasteiger partial charge on any atom is -0.494 e. The van der Waals surface area contributed by atoms with Crippen LogP contribution in [0.3, 0.4) is 0 Å². The van der Waals surface area contributed by atoms with Crippen LogP contribution in [0.5, 0.6) is 23.0 Å². The predicted octanol–water partition coefficient (Wildman–Crippen LogP) is 19.7. The van der Waals surface area contributed by atoms with Crippen LogP contribution in [0.15, 0.2) is 194 Å². The van der Waals surface area contributed by atoms with E-state index in [-0.39, 0.29) is 127 Å². The van der Waals surface area contributed by atoms with E-state index in [1.165, 1.54) is 20.8 Å². The second-order valence-corrected chi connectivity index (χ2v) is 27.3. The van der Waals surface area contributed by atoms with E-state index in [1.54, 1.807) is 51.1 Å². The van der Waals surface area contributed by atoms with Gasteiger partial charge >= 0.3 is 0 Å². The number of likely N-dealkylation sites (N-methyl/N-ethyl adjacent to an activating group) is 4. The van der Waals surface area contributed by atoms with Gasteiger partial charge in [0.2, 0.25) is 0 Å². The second-order valence-electron chi connectivity index (χ2n) is 27.3. The molecule has 8 aromatic carbocycles. The Morgan fingerprint density at radius 3 is 0.909 bits per heavy atom. The van der Waals surface area contributed by atoms with E-state index in [0.29, 0.717) is 39.0 Å². The number of nitriles is 4. The van der Waals surface area contributed by atoms with Crippen LogP contribution < -0.4 is 40.2 Å². The predicted molar refractivity (Wildman–Crippen MR) is 514 cm³/mol. The fourth-order valence-corrected chi connectivity index (χ4v) is 11.1. The maximum absolute atomic E-state index is 14.4. The highest BCUT2D eigenvalue weighted by atomic mass is 19.1. The number of aromatic nitrogens is 4. The Morgan fingerprint density at radius 2 is 0.667 bits per heavy atom. The summed E-state index contributed by atoms with van der Waals surface area (Å²) < 4.78 is 458. The van der Waals surface area contributed by atoms with Gasteiger partial charge in [-0.2, -0.15) is 21.0 Å². The molecule has 4 heterocycles. The number of halogens is 4. The maximum Gasteiger partial charge on any atom is 0.159 e. The monoisotopic (exact) mass is 1830 g/mol. The van der Waals surface area contributed by atoms with Gasteiger partial charge in [0.25, 0.3) is 0 Å². The summed E-state index contributed by atoms with van der Waals surface area (Å²) in [6.07, 6.45) is -0.427. The van der Waals surface area contributed by atoms with Gasteiger partial charge in [0, 0.05) is 192 Å². The number of allylic oxidation sites excluding steroid dienone is 4. The molecule has 28 heteroatoms. The third kappa shape index (κ3) is 28.5.